The monoisotopic (exact) mass is 286 g/mol. The Bertz CT molecular complexity index is 546. The first-order valence-electron chi connectivity index (χ1n) is 6.92. The summed E-state index contributed by atoms with van der Waals surface area (Å²) < 4.78 is 5.34. The number of fused-ring (bicyclic) bond motifs is 1. The average molecular weight is 286 g/mol. The molecular formula is C16H18N2OS. The molecule has 0 saturated heterocycles. The molecule has 0 amide bonds. The zero-order valence-electron chi connectivity index (χ0n) is 11.5. The van der Waals surface area contributed by atoms with Gasteiger partial charge in [-0.25, -0.2) is 4.98 Å². The van der Waals surface area contributed by atoms with E-state index in [1.165, 1.54) is 10.5 Å². The van der Waals surface area contributed by atoms with Crippen molar-refractivity contribution in [2.75, 3.05) is 18.5 Å². The average Bonchev–Trinajstić information content (AvgIpc) is 2.90. The number of hydrogen-bond donors (Lipinski definition) is 1. The van der Waals surface area contributed by atoms with Crippen LogP contribution in [-0.4, -0.2) is 23.4 Å². The predicted molar refractivity (Wildman–Crippen MR) is 83.7 cm³/mol. The number of rotatable bonds is 5. The quantitative estimate of drug-likeness (QED) is 0.910. The zero-order chi connectivity index (χ0) is 13.8. The molecule has 2 aromatic rings. The number of benzene rings is 1. The highest BCUT2D eigenvalue weighted by Crippen LogP contribution is 2.36. The molecule has 3 rings (SSSR count). The van der Waals surface area contributed by atoms with E-state index in [0.29, 0.717) is 17.7 Å². The Morgan fingerprint density at radius 3 is 2.95 bits per heavy atom. The Morgan fingerprint density at radius 1 is 1.30 bits per heavy atom. The van der Waals surface area contributed by atoms with E-state index in [1.54, 1.807) is 0 Å². The predicted octanol–water partition coefficient (Wildman–Crippen LogP) is 3.61. The molecule has 4 heteroatoms. The van der Waals surface area contributed by atoms with E-state index in [9.17, 15) is 0 Å². The molecule has 1 atom stereocenters. The van der Waals surface area contributed by atoms with Gasteiger partial charge in [-0.15, -0.1) is 11.8 Å². The van der Waals surface area contributed by atoms with Crippen molar-refractivity contribution < 1.29 is 4.74 Å². The molecule has 0 bridgehead atoms. The van der Waals surface area contributed by atoms with Gasteiger partial charge in [0.2, 0.25) is 5.88 Å². The van der Waals surface area contributed by atoms with Gasteiger partial charge in [0.1, 0.15) is 0 Å². The van der Waals surface area contributed by atoms with Crippen molar-refractivity contribution >= 4 is 17.4 Å². The standard InChI is InChI=1S/C16H18N2OS/c1-2-19-16-8-7-13(10-18-16)17-11-14-9-12-5-3-4-6-15(12)20-14/h3-8,10,14,17H,2,9,11H2,1H3. The maximum Gasteiger partial charge on any atom is 0.213 e. The Labute approximate surface area is 123 Å². The van der Waals surface area contributed by atoms with Crippen LogP contribution in [0.3, 0.4) is 0 Å². The van der Waals surface area contributed by atoms with Crippen LogP contribution >= 0.6 is 11.8 Å². The van der Waals surface area contributed by atoms with Crippen molar-refractivity contribution in [3.8, 4) is 5.88 Å². The normalized spacial score (nSPS) is 16.8. The van der Waals surface area contributed by atoms with E-state index in [-0.39, 0.29) is 0 Å². The van der Waals surface area contributed by atoms with Crippen LogP contribution < -0.4 is 10.1 Å². The maximum absolute atomic E-state index is 5.34. The van der Waals surface area contributed by atoms with Gasteiger partial charge in [0.05, 0.1) is 18.5 Å². The Kier molecular flexibility index (Phi) is 4.11. The summed E-state index contributed by atoms with van der Waals surface area (Å²) >= 11 is 1.96. The second kappa shape index (κ2) is 6.18. The van der Waals surface area contributed by atoms with Gasteiger partial charge in [-0.1, -0.05) is 18.2 Å². The van der Waals surface area contributed by atoms with E-state index in [4.69, 9.17) is 4.74 Å². The van der Waals surface area contributed by atoms with Crippen molar-refractivity contribution in [2.24, 2.45) is 0 Å². The number of nitrogens with zero attached hydrogens (tertiary/aromatic N) is 1. The summed E-state index contributed by atoms with van der Waals surface area (Å²) in [7, 11) is 0. The molecule has 0 saturated carbocycles. The second-order valence-electron chi connectivity index (χ2n) is 4.75. The lowest BCUT2D eigenvalue weighted by atomic mass is 10.1. The lowest BCUT2D eigenvalue weighted by Crippen LogP contribution is -2.15. The summed E-state index contributed by atoms with van der Waals surface area (Å²) in [5.74, 6) is 0.681. The van der Waals surface area contributed by atoms with Crippen molar-refractivity contribution in [2.45, 2.75) is 23.5 Å². The van der Waals surface area contributed by atoms with Gasteiger partial charge in [0, 0.05) is 22.8 Å². The molecule has 0 spiro atoms. The summed E-state index contributed by atoms with van der Waals surface area (Å²) in [5, 5.41) is 4.05. The number of aromatic nitrogens is 1. The first-order valence-corrected chi connectivity index (χ1v) is 7.80. The molecule has 20 heavy (non-hydrogen) atoms. The topological polar surface area (TPSA) is 34.1 Å². The highest BCUT2D eigenvalue weighted by Gasteiger charge is 2.21. The summed E-state index contributed by atoms with van der Waals surface area (Å²) in [6, 6.07) is 12.6. The summed E-state index contributed by atoms with van der Waals surface area (Å²) in [4.78, 5) is 5.68. The molecule has 3 nitrogen and oxygen atoms in total. The summed E-state index contributed by atoms with van der Waals surface area (Å²) in [5.41, 5.74) is 2.51. The third-order valence-electron chi connectivity index (χ3n) is 3.28. The van der Waals surface area contributed by atoms with E-state index < -0.39 is 0 Å². The lowest BCUT2D eigenvalue weighted by molar-refractivity contribution is 0.327. The smallest absolute Gasteiger partial charge is 0.213 e. The van der Waals surface area contributed by atoms with Crippen LogP contribution in [-0.2, 0) is 6.42 Å². The molecule has 1 aromatic heterocycles. The van der Waals surface area contributed by atoms with Crippen LogP contribution in [0.25, 0.3) is 0 Å². The molecule has 104 valence electrons. The minimum atomic E-state index is 0.596. The van der Waals surface area contributed by atoms with E-state index >= 15 is 0 Å². The number of pyridine rings is 1. The van der Waals surface area contributed by atoms with Gasteiger partial charge in [-0.2, -0.15) is 0 Å². The Balaban J connectivity index is 1.53. The van der Waals surface area contributed by atoms with E-state index in [2.05, 4.69) is 34.6 Å². The van der Waals surface area contributed by atoms with Gasteiger partial charge in [-0.3, -0.25) is 0 Å². The highest BCUT2D eigenvalue weighted by atomic mass is 32.2. The third kappa shape index (κ3) is 3.07. The maximum atomic E-state index is 5.34. The Hall–Kier alpha value is -1.68. The minimum absolute atomic E-state index is 0.596. The van der Waals surface area contributed by atoms with Gasteiger partial charge < -0.3 is 10.1 Å². The second-order valence-corrected chi connectivity index (χ2v) is 6.09. The summed E-state index contributed by atoms with van der Waals surface area (Å²) in [6.45, 7) is 3.56. The molecule has 0 radical (unpaired) electrons. The molecule has 0 aliphatic carbocycles. The van der Waals surface area contributed by atoms with Crippen LogP contribution in [0.5, 0.6) is 5.88 Å². The van der Waals surface area contributed by atoms with E-state index in [0.717, 1.165) is 18.7 Å². The summed E-state index contributed by atoms with van der Waals surface area (Å²) in [6.07, 6.45) is 2.97. The van der Waals surface area contributed by atoms with Gasteiger partial charge in [0.15, 0.2) is 0 Å². The Morgan fingerprint density at radius 2 is 2.20 bits per heavy atom. The van der Waals surface area contributed by atoms with Gasteiger partial charge >= 0.3 is 0 Å². The van der Waals surface area contributed by atoms with Crippen LogP contribution in [0.4, 0.5) is 5.69 Å². The molecular weight excluding hydrogens is 268 g/mol. The molecule has 1 aliphatic heterocycles. The highest BCUT2D eigenvalue weighted by molar-refractivity contribution is 8.00. The third-order valence-corrected chi connectivity index (χ3v) is 4.60. The van der Waals surface area contributed by atoms with Crippen LogP contribution in [0.15, 0.2) is 47.5 Å². The van der Waals surface area contributed by atoms with Crippen LogP contribution in [0.2, 0.25) is 0 Å². The van der Waals surface area contributed by atoms with Crippen LogP contribution in [0, 0.1) is 0 Å². The van der Waals surface area contributed by atoms with Crippen molar-refractivity contribution in [3.05, 3.63) is 48.2 Å². The number of anilines is 1. The molecule has 0 fully saturated rings. The first kappa shape index (κ1) is 13.3. The first-order chi connectivity index (χ1) is 9.85. The fraction of sp³-hybridized carbons (Fsp3) is 0.312. The fourth-order valence-electron chi connectivity index (χ4n) is 2.32. The number of nitrogens with one attached hydrogen (secondary N) is 1. The molecule has 1 N–H and O–H groups in total. The molecule has 1 unspecified atom stereocenters. The van der Waals surface area contributed by atoms with Gasteiger partial charge in [0.25, 0.3) is 0 Å². The van der Waals surface area contributed by atoms with E-state index in [1.807, 2.05) is 37.0 Å². The zero-order valence-corrected chi connectivity index (χ0v) is 12.3. The van der Waals surface area contributed by atoms with Crippen LogP contribution in [0.1, 0.15) is 12.5 Å². The van der Waals surface area contributed by atoms with Crippen molar-refractivity contribution in [3.63, 3.8) is 0 Å². The largest absolute Gasteiger partial charge is 0.478 e. The molecule has 1 aromatic carbocycles. The van der Waals surface area contributed by atoms with Crippen molar-refractivity contribution in [1.82, 2.24) is 4.98 Å². The molecule has 2 heterocycles. The van der Waals surface area contributed by atoms with Gasteiger partial charge in [-0.05, 0) is 31.0 Å². The number of thioether (sulfide) groups is 1. The number of hydrogen-bond acceptors (Lipinski definition) is 4. The fourth-order valence-corrected chi connectivity index (χ4v) is 3.57. The molecule has 1 aliphatic rings. The minimum Gasteiger partial charge on any atom is -0.478 e. The number of ether oxygens (including phenoxy) is 1. The van der Waals surface area contributed by atoms with Crippen molar-refractivity contribution in [1.29, 1.82) is 0 Å². The lowest BCUT2D eigenvalue weighted by Gasteiger charge is -2.11. The SMILES string of the molecule is CCOc1ccc(NCC2Cc3ccccc3S2)cn1.